The van der Waals surface area contributed by atoms with Crippen LogP contribution < -0.4 is 0 Å². The van der Waals surface area contributed by atoms with E-state index in [4.69, 9.17) is 0 Å². The molecular formula is C22H35N. The Morgan fingerprint density at radius 2 is 1.78 bits per heavy atom. The van der Waals surface area contributed by atoms with E-state index in [2.05, 4.69) is 37.9 Å². The summed E-state index contributed by atoms with van der Waals surface area (Å²) in [6, 6.07) is 0.832. The van der Waals surface area contributed by atoms with Gasteiger partial charge < -0.3 is 4.90 Å². The Kier molecular flexibility index (Phi) is 3.17. The van der Waals surface area contributed by atoms with Gasteiger partial charge in [0.15, 0.2) is 0 Å². The van der Waals surface area contributed by atoms with Gasteiger partial charge in [0, 0.05) is 12.6 Å². The minimum Gasteiger partial charge on any atom is -0.303 e. The number of rotatable bonds is 0. The van der Waals surface area contributed by atoms with E-state index in [0.717, 1.165) is 35.6 Å². The van der Waals surface area contributed by atoms with E-state index in [1.807, 2.05) is 0 Å². The van der Waals surface area contributed by atoms with Crippen molar-refractivity contribution in [2.75, 3.05) is 13.6 Å². The number of hydrogen-bond donors (Lipinski definition) is 0. The van der Waals surface area contributed by atoms with Crippen molar-refractivity contribution in [1.29, 1.82) is 0 Å². The molecule has 0 N–H and O–H groups in total. The summed E-state index contributed by atoms with van der Waals surface area (Å²) >= 11 is 0. The Balaban J connectivity index is 1.50. The van der Waals surface area contributed by atoms with Crippen LogP contribution in [0.15, 0.2) is 12.2 Å². The van der Waals surface area contributed by atoms with Crippen molar-refractivity contribution in [2.45, 2.75) is 71.3 Å². The molecule has 3 saturated carbocycles. The molecule has 1 heteroatoms. The lowest BCUT2D eigenvalue weighted by atomic mass is 9.46. The minimum atomic E-state index is 0.539. The summed E-state index contributed by atoms with van der Waals surface area (Å²) in [5.74, 6) is 5.08. The predicted octanol–water partition coefficient (Wildman–Crippen LogP) is 5.13. The van der Waals surface area contributed by atoms with Gasteiger partial charge in [-0.15, -0.1) is 0 Å². The molecule has 4 aliphatic carbocycles. The van der Waals surface area contributed by atoms with Crippen LogP contribution in [0.25, 0.3) is 0 Å². The molecule has 1 aliphatic heterocycles. The van der Waals surface area contributed by atoms with Gasteiger partial charge in [-0.25, -0.2) is 0 Å². The first-order chi connectivity index (χ1) is 11.1. The fourth-order valence-corrected chi connectivity index (χ4v) is 8.62. The maximum absolute atomic E-state index is 2.70. The Labute approximate surface area is 142 Å². The minimum absolute atomic E-state index is 0.539. The molecule has 5 rings (SSSR count). The Morgan fingerprint density at radius 3 is 2.65 bits per heavy atom. The molecule has 1 nitrogen and oxygen atoms in total. The highest BCUT2D eigenvalue weighted by Gasteiger charge is 2.64. The van der Waals surface area contributed by atoms with E-state index in [9.17, 15) is 0 Å². The van der Waals surface area contributed by atoms with Gasteiger partial charge in [-0.05, 0) is 106 Å². The molecule has 0 aromatic rings. The van der Waals surface area contributed by atoms with Crippen molar-refractivity contribution in [1.82, 2.24) is 4.90 Å². The first-order valence-electron chi connectivity index (χ1n) is 10.4. The van der Waals surface area contributed by atoms with Crippen LogP contribution in [-0.4, -0.2) is 24.5 Å². The molecule has 0 aromatic heterocycles. The summed E-state index contributed by atoms with van der Waals surface area (Å²) in [7, 11) is 2.39. The molecule has 0 amide bonds. The highest BCUT2D eigenvalue weighted by atomic mass is 15.2. The third-order valence-corrected chi connectivity index (χ3v) is 9.73. The summed E-state index contributed by atoms with van der Waals surface area (Å²) in [5, 5.41) is 0. The largest absolute Gasteiger partial charge is 0.303 e. The van der Waals surface area contributed by atoms with Crippen molar-refractivity contribution >= 4 is 0 Å². The van der Waals surface area contributed by atoms with Gasteiger partial charge in [0.2, 0.25) is 0 Å². The number of nitrogens with zero attached hydrogens (tertiary/aromatic N) is 1. The van der Waals surface area contributed by atoms with Crippen LogP contribution in [0.3, 0.4) is 0 Å². The monoisotopic (exact) mass is 313 g/mol. The molecule has 23 heavy (non-hydrogen) atoms. The van der Waals surface area contributed by atoms with Gasteiger partial charge in [-0.1, -0.05) is 19.1 Å². The van der Waals surface area contributed by atoms with Gasteiger partial charge in [-0.3, -0.25) is 0 Å². The van der Waals surface area contributed by atoms with Gasteiger partial charge in [-0.2, -0.15) is 0 Å². The summed E-state index contributed by atoms with van der Waals surface area (Å²) in [6.45, 7) is 6.55. The molecule has 1 spiro atoms. The Hall–Kier alpha value is -0.300. The van der Waals surface area contributed by atoms with Gasteiger partial charge >= 0.3 is 0 Å². The van der Waals surface area contributed by atoms with Gasteiger partial charge in [0.1, 0.15) is 0 Å². The fourth-order valence-electron chi connectivity index (χ4n) is 8.62. The van der Waals surface area contributed by atoms with Gasteiger partial charge in [0.25, 0.3) is 0 Å². The van der Waals surface area contributed by atoms with Crippen molar-refractivity contribution in [3.05, 3.63) is 12.2 Å². The molecule has 0 bridgehead atoms. The summed E-state index contributed by atoms with van der Waals surface area (Å²) in [4.78, 5) is 2.70. The quantitative estimate of drug-likeness (QED) is 0.561. The lowest BCUT2D eigenvalue weighted by Gasteiger charge is -2.59. The number of allylic oxidation sites excluding steroid dienone is 2. The molecule has 4 fully saturated rings. The molecule has 5 aliphatic rings. The molecule has 0 radical (unpaired) electrons. The zero-order chi connectivity index (χ0) is 15.8. The van der Waals surface area contributed by atoms with Crippen LogP contribution >= 0.6 is 0 Å². The zero-order valence-electron chi connectivity index (χ0n) is 15.4. The van der Waals surface area contributed by atoms with Crippen molar-refractivity contribution < 1.29 is 0 Å². The SMILES string of the molecule is C[C@H]1[C@H]2CC[C@H]3[C@@H]4CCC5CCC=C[C@]5(C)[C@H]4CC[C@]23CN1C. The Bertz CT molecular complexity index is 524. The highest BCUT2D eigenvalue weighted by Crippen LogP contribution is 2.68. The van der Waals surface area contributed by atoms with E-state index >= 15 is 0 Å². The third-order valence-electron chi connectivity index (χ3n) is 9.73. The Morgan fingerprint density at radius 1 is 0.957 bits per heavy atom. The molecule has 1 unspecified atom stereocenters. The average Bonchev–Trinajstić information content (AvgIpc) is 3.02. The molecule has 128 valence electrons. The normalized spacial score (nSPS) is 58.4. The zero-order valence-corrected chi connectivity index (χ0v) is 15.4. The van der Waals surface area contributed by atoms with Crippen molar-refractivity contribution in [3.63, 3.8) is 0 Å². The fraction of sp³-hybridized carbons (Fsp3) is 0.909. The van der Waals surface area contributed by atoms with E-state index in [1.54, 1.807) is 12.8 Å². The second-order valence-corrected chi connectivity index (χ2v) is 10.1. The summed E-state index contributed by atoms with van der Waals surface area (Å²) in [5.41, 5.74) is 1.24. The second kappa shape index (κ2) is 4.87. The molecule has 8 atom stereocenters. The van der Waals surface area contributed by atoms with Crippen LogP contribution in [0.2, 0.25) is 0 Å². The van der Waals surface area contributed by atoms with Gasteiger partial charge in [0.05, 0.1) is 0 Å². The van der Waals surface area contributed by atoms with Crippen LogP contribution in [0.5, 0.6) is 0 Å². The first-order valence-corrected chi connectivity index (χ1v) is 10.4. The topological polar surface area (TPSA) is 3.24 Å². The van der Waals surface area contributed by atoms with Crippen LogP contribution in [0, 0.1) is 40.4 Å². The van der Waals surface area contributed by atoms with Crippen molar-refractivity contribution in [3.8, 4) is 0 Å². The highest BCUT2D eigenvalue weighted by molar-refractivity contribution is 5.18. The third kappa shape index (κ3) is 1.78. The lowest BCUT2D eigenvalue weighted by molar-refractivity contribution is -0.0774. The standard InChI is InChI=1S/C22H35N/c1-15-18-9-10-20-17-8-7-16-6-4-5-12-21(16,2)19(17)11-13-22(18,20)14-23(15)3/h5,12,15-20H,4,6-11,13-14H2,1-3H3/t15-,16?,17+,18+,19-,20-,21-,22-/m0/s1. The average molecular weight is 314 g/mol. The van der Waals surface area contributed by atoms with E-state index in [-0.39, 0.29) is 0 Å². The molecular weight excluding hydrogens is 278 g/mol. The maximum Gasteiger partial charge on any atom is 0.00982 e. The number of likely N-dealkylation sites (tertiary alicyclic amines) is 1. The van der Waals surface area contributed by atoms with E-state index in [0.29, 0.717) is 10.8 Å². The van der Waals surface area contributed by atoms with Crippen LogP contribution in [0.1, 0.15) is 65.2 Å². The maximum atomic E-state index is 2.70. The first kappa shape index (κ1) is 15.0. The number of fused-ring (bicyclic) bond motifs is 4. The van der Waals surface area contributed by atoms with Crippen molar-refractivity contribution in [2.24, 2.45) is 40.4 Å². The second-order valence-electron chi connectivity index (χ2n) is 10.1. The molecule has 0 aromatic carbocycles. The van der Waals surface area contributed by atoms with E-state index in [1.165, 1.54) is 45.1 Å². The van der Waals surface area contributed by atoms with Crippen LogP contribution in [-0.2, 0) is 0 Å². The van der Waals surface area contributed by atoms with Crippen LogP contribution in [0.4, 0.5) is 0 Å². The molecule has 1 heterocycles. The summed E-state index contributed by atoms with van der Waals surface area (Å²) < 4.78 is 0. The van der Waals surface area contributed by atoms with E-state index < -0.39 is 0 Å². The predicted molar refractivity (Wildman–Crippen MR) is 96.2 cm³/mol. The smallest absolute Gasteiger partial charge is 0.00982 e. The number of hydrogen-bond acceptors (Lipinski definition) is 1. The molecule has 1 saturated heterocycles. The summed E-state index contributed by atoms with van der Waals surface area (Å²) in [6.07, 6.45) is 17.2. The lowest BCUT2D eigenvalue weighted by Crippen LogP contribution is -2.52.